The molecule has 1 fully saturated rings. The first-order chi connectivity index (χ1) is 8.78. The van der Waals surface area contributed by atoms with Gasteiger partial charge in [0.05, 0.1) is 0 Å². The van der Waals surface area contributed by atoms with E-state index in [2.05, 4.69) is 6.07 Å². The maximum Gasteiger partial charge on any atom is 0.134 e. The van der Waals surface area contributed by atoms with Gasteiger partial charge in [0.2, 0.25) is 0 Å². The fraction of sp³-hybridized carbons (Fsp3) is 0.467. The summed E-state index contributed by atoms with van der Waals surface area (Å²) in [7, 11) is 0. The summed E-state index contributed by atoms with van der Waals surface area (Å²) in [6, 6.07) is 7.92. The summed E-state index contributed by atoms with van der Waals surface area (Å²) in [5.41, 5.74) is 6.81. The molecule has 2 N–H and O–H groups in total. The van der Waals surface area contributed by atoms with Crippen LogP contribution in [0.3, 0.4) is 0 Å². The second-order valence-electron chi connectivity index (χ2n) is 5.22. The largest absolute Gasteiger partial charge is 0.461 e. The number of furan rings is 1. The van der Waals surface area contributed by atoms with Crippen LogP contribution in [0.5, 0.6) is 0 Å². The predicted octanol–water partition coefficient (Wildman–Crippen LogP) is 4.32. The van der Waals surface area contributed by atoms with Gasteiger partial charge in [-0.3, -0.25) is 0 Å². The molecule has 1 aliphatic rings. The van der Waals surface area contributed by atoms with E-state index in [0.717, 1.165) is 28.3 Å². The van der Waals surface area contributed by atoms with E-state index in [-0.39, 0.29) is 0 Å². The van der Waals surface area contributed by atoms with Crippen molar-refractivity contribution in [2.45, 2.75) is 31.6 Å². The highest BCUT2D eigenvalue weighted by atomic mass is 35.5. The average molecular weight is 264 g/mol. The molecule has 2 aromatic rings. The Morgan fingerprint density at radius 1 is 1.22 bits per heavy atom. The molecule has 1 aliphatic carbocycles. The first-order valence-corrected chi connectivity index (χ1v) is 7.05. The van der Waals surface area contributed by atoms with Gasteiger partial charge in [0, 0.05) is 16.3 Å². The number of nitrogens with two attached hydrogens (primary N) is 1. The van der Waals surface area contributed by atoms with Gasteiger partial charge in [-0.1, -0.05) is 24.4 Å². The number of hydrogen-bond donors (Lipinski definition) is 1. The topological polar surface area (TPSA) is 39.2 Å². The molecule has 0 bridgehead atoms. The Morgan fingerprint density at radius 2 is 2.06 bits per heavy atom. The smallest absolute Gasteiger partial charge is 0.134 e. The number of halogens is 1. The molecule has 0 radical (unpaired) electrons. The Labute approximate surface area is 112 Å². The third kappa shape index (κ3) is 2.15. The molecule has 1 aromatic carbocycles. The van der Waals surface area contributed by atoms with Gasteiger partial charge in [0.1, 0.15) is 11.3 Å². The van der Waals surface area contributed by atoms with E-state index in [1.165, 1.54) is 25.7 Å². The van der Waals surface area contributed by atoms with Crippen molar-refractivity contribution in [3.63, 3.8) is 0 Å². The van der Waals surface area contributed by atoms with E-state index in [0.29, 0.717) is 11.8 Å². The molecule has 0 spiro atoms. The van der Waals surface area contributed by atoms with Gasteiger partial charge in [-0.2, -0.15) is 0 Å². The minimum atomic E-state index is 0.481. The molecule has 3 rings (SSSR count). The van der Waals surface area contributed by atoms with Crippen LogP contribution in [0.1, 0.15) is 37.4 Å². The maximum atomic E-state index is 6.01. The van der Waals surface area contributed by atoms with Gasteiger partial charge in [0.25, 0.3) is 0 Å². The van der Waals surface area contributed by atoms with Gasteiger partial charge in [0.15, 0.2) is 0 Å². The van der Waals surface area contributed by atoms with Crippen molar-refractivity contribution in [1.82, 2.24) is 0 Å². The monoisotopic (exact) mass is 263 g/mol. The van der Waals surface area contributed by atoms with Crippen LogP contribution in [0.4, 0.5) is 0 Å². The summed E-state index contributed by atoms with van der Waals surface area (Å²) in [5, 5.41) is 1.85. The van der Waals surface area contributed by atoms with E-state index in [4.69, 9.17) is 21.8 Å². The van der Waals surface area contributed by atoms with Crippen molar-refractivity contribution in [3.8, 4) is 0 Å². The van der Waals surface area contributed by atoms with Gasteiger partial charge >= 0.3 is 0 Å². The molecular formula is C15H18ClNO. The lowest BCUT2D eigenvalue weighted by Gasteiger charge is -2.28. The summed E-state index contributed by atoms with van der Waals surface area (Å²) in [4.78, 5) is 0. The maximum absolute atomic E-state index is 6.01. The molecular weight excluding hydrogens is 246 g/mol. The van der Waals surface area contributed by atoms with Crippen LogP contribution in [0.25, 0.3) is 11.0 Å². The number of hydrogen-bond acceptors (Lipinski definition) is 2. The molecule has 1 saturated carbocycles. The second-order valence-corrected chi connectivity index (χ2v) is 5.65. The van der Waals surface area contributed by atoms with Crippen LogP contribution in [-0.4, -0.2) is 6.54 Å². The molecule has 0 saturated heterocycles. The standard InChI is InChI=1S/C15H18ClNO/c16-12-5-6-14-11(7-12)8-15(18-14)13-4-2-1-3-10(13)9-17/h5-8,10,13H,1-4,9,17H2. The van der Waals surface area contributed by atoms with Crippen LogP contribution in [-0.2, 0) is 0 Å². The van der Waals surface area contributed by atoms with Crippen molar-refractivity contribution in [2.24, 2.45) is 11.7 Å². The fourth-order valence-corrected chi connectivity index (χ4v) is 3.26. The molecule has 0 amide bonds. The summed E-state index contributed by atoms with van der Waals surface area (Å²) >= 11 is 6.01. The van der Waals surface area contributed by atoms with E-state index < -0.39 is 0 Å². The Hall–Kier alpha value is -0.990. The zero-order valence-electron chi connectivity index (χ0n) is 10.4. The van der Waals surface area contributed by atoms with Crippen LogP contribution in [0.2, 0.25) is 5.02 Å². The normalized spacial score (nSPS) is 24.6. The van der Waals surface area contributed by atoms with Crippen molar-refractivity contribution >= 4 is 22.6 Å². The Bertz CT molecular complexity index is 548. The average Bonchev–Trinajstić information content (AvgIpc) is 2.81. The number of rotatable bonds is 2. The van der Waals surface area contributed by atoms with Crippen molar-refractivity contribution < 1.29 is 4.42 Å². The second kappa shape index (κ2) is 4.94. The van der Waals surface area contributed by atoms with Crippen molar-refractivity contribution in [1.29, 1.82) is 0 Å². The van der Waals surface area contributed by atoms with Gasteiger partial charge in [-0.25, -0.2) is 0 Å². The minimum Gasteiger partial charge on any atom is -0.461 e. The molecule has 1 heterocycles. The Balaban J connectivity index is 1.97. The molecule has 2 nitrogen and oxygen atoms in total. The highest BCUT2D eigenvalue weighted by Gasteiger charge is 2.28. The summed E-state index contributed by atoms with van der Waals surface area (Å²) < 4.78 is 5.98. The first kappa shape index (κ1) is 12.1. The molecule has 3 heteroatoms. The van der Waals surface area contributed by atoms with Crippen LogP contribution in [0.15, 0.2) is 28.7 Å². The highest BCUT2D eigenvalue weighted by molar-refractivity contribution is 6.31. The Kier molecular flexibility index (Phi) is 3.31. The zero-order chi connectivity index (χ0) is 12.5. The molecule has 96 valence electrons. The lowest BCUT2D eigenvalue weighted by Crippen LogP contribution is -2.24. The molecule has 2 unspecified atom stereocenters. The SMILES string of the molecule is NCC1CCCCC1c1cc2cc(Cl)ccc2o1. The van der Waals surface area contributed by atoms with E-state index in [1.54, 1.807) is 0 Å². The molecule has 1 aromatic heterocycles. The first-order valence-electron chi connectivity index (χ1n) is 6.67. The number of fused-ring (bicyclic) bond motifs is 1. The van der Waals surface area contributed by atoms with E-state index in [9.17, 15) is 0 Å². The van der Waals surface area contributed by atoms with Crippen molar-refractivity contribution in [3.05, 3.63) is 35.0 Å². The van der Waals surface area contributed by atoms with Gasteiger partial charge in [-0.05, 0) is 49.6 Å². The van der Waals surface area contributed by atoms with E-state index >= 15 is 0 Å². The lowest BCUT2D eigenvalue weighted by molar-refractivity contribution is 0.282. The molecule has 2 atom stereocenters. The lowest BCUT2D eigenvalue weighted by atomic mass is 9.78. The fourth-order valence-electron chi connectivity index (χ4n) is 3.08. The Morgan fingerprint density at radius 3 is 2.89 bits per heavy atom. The van der Waals surface area contributed by atoms with Crippen LogP contribution < -0.4 is 5.73 Å². The van der Waals surface area contributed by atoms with E-state index in [1.807, 2.05) is 18.2 Å². The molecule has 18 heavy (non-hydrogen) atoms. The third-order valence-corrected chi connectivity index (χ3v) is 4.31. The highest BCUT2D eigenvalue weighted by Crippen LogP contribution is 2.39. The minimum absolute atomic E-state index is 0.481. The third-order valence-electron chi connectivity index (χ3n) is 4.07. The number of benzene rings is 1. The van der Waals surface area contributed by atoms with Gasteiger partial charge in [-0.15, -0.1) is 0 Å². The van der Waals surface area contributed by atoms with Crippen LogP contribution >= 0.6 is 11.6 Å². The summed E-state index contributed by atoms with van der Waals surface area (Å²) in [5.74, 6) is 2.13. The predicted molar refractivity (Wildman–Crippen MR) is 75.0 cm³/mol. The quantitative estimate of drug-likeness (QED) is 0.876. The summed E-state index contributed by atoms with van der Waals surface area (Å²) in [6.45, 7) is 0.752. The summed E-state index contributed by atoms with van der Waals surface area (Å²) in [6.07, 6.45) is 4.98. The van der Waals surface area contributed by atoms with Crippen LogP contribution in [0, 0.1) is 5.92 Å². The van der Waals surface area contributed by atoms with Gasteiger partial charge < -0.3 is 10.2 Å². The van der Waals surface area contributed by atoms with Crippen molar-refractivity contribution in [2.75, 3.05) is 6.54 Å². The molecule has 0 aliphatic heterocycles. The zero-order valence-corrected chi connectivity index (χ0v) is 11.1.